The zero-order valence-corrected chi connectivity index (χ0v) is 15.6. The molecule has 0 bridgehead atoms. The van der Waals surface area contributed by atoms with Gasteiger partial charge in [0.1, 0.15) is 29.8 Å². The third kappa shape index (κ3) is 4.89. The Morgan fingerprint density at radius 3 is 2.64 bits per heavy atom. The Morgan fingerprint density at radius 1 is 1.21 bits per heavy atom. The predicted molar refractivity (Wildman–Crippen MR) is 99.8 cm³/mol. The van der Waals surface area contributed by atoms with Crippen molar-refractivity contribution in [3.8, 4) is 5.75 Å². The summed E-state index contributed by atoms with van der Waals surface area (Å²) in [5.41, 5.74) is 1.13. The highest BCUT2D eigenvalue weighted by Crippen LogP contribution is 2.20. The number of esters is 1. The Kier molecular flexibility index (Phi) is 5.95. The van der Waals surface area contributed by atoms with Gasteiger partial charge in [0.15, 0.2) is 0 Å². The maximum Gasteiger partial charge on any atom is 0.338 e. The molecule has 0 aliphatic rings. The average Bonchev–Trinajstić information content (AvgIpc) is 3.13. The highest BCUT2D eigenvalue weighted by Gasteiger charge is 2.15. The molecule has 1 aromatic heterocycles. The van der Waals surface area contributed by atoms with Crippen LogP contribution in [0.25, 0.3) is 0 Å². The number of thiazole rings is 1. The summed E-state index contributed by atoms with van der Waals surface area (Å²) >= 11 is 1.35. The van der Waals surface area contributed by atoms with Gasteiger partial charge in [-0.3, -0.25) is 10.1 Å². The van der Waals surface area contributed by atoms with Crippen LogP contribution in [-0.2, 0) is 18.0 Å². The maximum atomic E-state index is 12.9. The molecule has 0 saturated carbocycles. The number of hydrogen-bond acceptors (Lipinski definition) is 7. The lowest BCUT2D eigenvalue weighted by atomic mass is 10.1. The van der Waals surface area contributed by atoms with Gasteiger partial charge in [-0.2, -0.15) is 0 Å². The molecule has 2 aromatic carbocycles. The van der Waals surface area contributed by atoms with Crippen LogP contribution >= 0.6 is 11.3 Å². The van der Waals surface area contributed by atoms with Crippen molar-refractivity contribution in [1.29, 1.82) is 0 Å². The molecule has 0 aliphatic heterocycles. The standard InChI is InChI=1S/C19H15FN2O5S/c1-12-8-13(2-7-17(12)22(24)25)19(23)27-9-15-11-28-18(21-15)10-26-16-5-3-14(20)4-6-16/h2-8,11H,9-10H2,1H3. The van der Waals surface area contributed by atoms with E-state index < -0.39 is 10.9 Å². The van der Waals surface area contributed by atoms with Gasteiger partial charge in [-0.1, -0.05) is 0 Å². The van der Waals surface area contributed by atoms with Crippen LogP contribution in [0.1, 0.15) is 26.6 Å². The number of nitro groups is 1. The Balaban J connectivity index is 1.53. The molecule has 3 aromatic rings. The zero-order chi connectivity index (χ0) is 20.1. The van der Waals surface area contributed by atoms with Gasteiger partial charge in [-0.25, -0.2) is 14.2 Å². The quantitative estimate of drug-likeness (QED) is 0.330. The number of halogens is 1. The van der Waals surface area contributed by atoms with E-state index in [9.17, 15) is 19.3 Å². The van der Waals surface area contributed by atoms with Crippen LogP contribution in [0.4, 0.5) is 10.1 Å². The summed E-state index contributed by atoms with van der Waals surface area (Å²) in [7, 11) is 0. The molecule has 0 spiro atoms. The smallest absolute Gasteiger partial charge is 0.338 e. The van der Waals surface area contributed by atoms with E-state index in [1.165, 1.54) is 53.8 Å². The maximum absolute atomic E-state index is 12.9. The Labute approximate surface area is 163 Å². The molecule has 28 heavy (non-hydrogen) atoms. The van der Waals surface area contributed by atoms with Crippen molar-refractivity contribution < 1.29 is 23.6 Å². The fraction of sp³-hybridized carbons (Fsp3) is 0.158. The van der Waals surface area contributed by atoms with E-state index in [4.69, 9.17) is 9.47 Å². The Morgan fingerprint density at radius 2 is 1.96 bits per heavy atom. The number of nitrogens with zero attached hydrogens (tertiary/aromatic N) is 2. The van der Waals surface area contributed by atoms with Gasteiger partial charge < -0.3 is 9.47 Å². The first-order valence-electron chi connectivity index (χ1n) is 8.16. The second kappa shape index (κ2) is 8.57. The molecule has 0 radical (unpaired) electrons. The van der Waals surface area contributed by atoms with Gasteiger partial charge in [0.2, 0.25) is 0 Å². The average molecular weight is 402 g/mol. The third-order valence-electron chi connectivity index (χ3n) is 3.76. The van der Waals surface area contributed by atoms with Gasteiger partial charge in [0.25, 0.3) is 5.69 Å². The first kappa shape index (κ1) is 19.4. The van der Waals surface area contributed by atoms with Gasteiger partial charge in [-0.05, 0) is 43.3 Å². The lowest BCUT2D eigenvalue weighted by Gasteiger charge is -2.05. The van der Waals surface area contributed by atoms with Crippen molar-refractivity contribution in [1.82, 2.24) is 4.98 Å². The monoisotopic (exact) mass is 402 g/mol. The molecule has 0 amide bonds. The SMILES string of the molecule is Cc1cc(C(=O)OCc2csc(COc3ccc(F)cc3)n2)ccc1[N+](=O)[O-]. The largest absolute Gasteiger partial charge is 0.486 e. The van der Waals surface area contributed by atoms with Gasteiger partial charge in [0.05, 0.1) is 16.2 Å². The van der Waals surface area contributed by atoms with Crippen LogP contribution < -0.4 is 4.74 Å². The van der Waals surface area contributed by atoms with Gasteiger partial charge >= 0.3 is 5.97 Å². The molecule has 9 heteroatoms. The summed E-state index contributed by atoms with van der Waals surface area (Å²) in [5.74, 6) is -0.401. The summed E-state index contributed by atoms with van der Waals surface area (Å²) in [5, 5.41) is 13.3. The Hall–Kier alpha value is -3.33. The molecule has 3 rings (SSSR count). The van der Waals surface area contributed by atoms with Crippen molar-refractivity contribution in [2.45, 2.75) is 20.1 Å². The zero-order valence-electron chi connectivity index (χ0n) is 14.8. The van der Waals surface area contributed by atoms with Crippen LogP contribution in [0.2, 0.25) is 0 Å². The number of carbonyl (C=O) groups excluding carboxylic acids is 1. The molecule has 0 unspecified atom stereocenters. The fourth-order valence-corrected chi connectivity index (χ4v) is 3.06. The minimum atomic E-state index is -0.588. The number of aromatic nitrogens is 1. The van der Waals surface area contributed by atoms with Gasteiger partial charge in [0, 0.05) is 17.0 Å². The van der Waals surface area contributed by atoms with Crippen molar-refractivity contribution in [3.63, 3.8) is 0 Å². The normalized spacial score (nSPS) is 10.5. The number of nitro benzene ring substituents is 1. The summed E-state index contributed by atoms with van der Waals surface area (Å²) in [6.45, 7) is 1.75. The van der Waals surface area contributed by atoms with Crippen LogP contribution in [-0.4, -0.2) is 15.9 Å². The molecular formula is C19H15FN2O5S. The summed E-state index contributed by atoms with van der Waals surface area (Å²) in [4.78, 5) is 26.8. The topological polar surface area (TPSA) is 91.6 Å². The third-order valence-corrected chi connectivity index (χ3v) is 4.63. The molecule has 1 heterocycles. The van der Waals surface area contributed by atoms with Crippen molar-refractivity contribution in [2.75, 3.05) is 0 Å². The molecule has 0 aliphatic carbocycles. The highest BCUT2D eigenvalue weighted by atomic mass is 32.1. The van der Waals surface area contributed by atoms with E-state index in [1.807, 2.05) is 0 Å². The van der Waals surface area contributed by atoms with E-state index in [0.29, 0.717) is 22.0 Å². The first-order chi connectivity index (χ1) is 13.4. The predicted octanol–water partition coefficient (Wildman–Crippen LogP) is 4.43. The van der Waals surface area contributed by atoms with Crippen LogP contribution in [0.3, 0.4) is 0 Å². The number of hydrogen-bond donors (Lipinski definition) is 0. The minimum absolute atomic E-state index is 0.0259. The van der Waals surface area contributed by atoms with E-state index in [-0.39, 0.29) is 30.3 Å². The highest BCUT2D eigenvalue weighted by molar-refractivity contribution is 7.09. The van der Waals surface area contributed by atoms with E-state index in [0.717, 1.165) is 0 Å². The van der Waals surface area contributed by atoms with Crippen molar-refractivity contribution >= 4 is 23.0 Å². The number of ether oxygens (including phenoxy) is 2. The van der Waals surface area contributed by atoms with Gasteiger partial charge in [-0.15, -0.1) is 11.3 Å². The second-order valence-electron chi connectivity index (χ2n) is 5.81. The lowest BCUT2D eigenvalue weighted by Crippen LogP contribution is -2.06. The molecule has 144 valence electrons. The second-order valence-corrected chi connectivity index (χ2v) is 6.75. The fourth-order valence-electron chi connectivity index (χ4n) is 2.37. The number of aryl methyl sites for hydroxylation is 1. The molecule has 0 saturated heterocycles. The van der Waals surface area contributed by atoms with Crippen molar-refractivity contribution in [3.05, 3.63) is 85.6 Å². The summed E-state index contributed by atoms with van der Waals surface area (Å²) in [6, 6.07) is 9.72. The summed E-state index contributed by atoms with van der Waals surface area (Å²) < 4.78 is 23.6. The Bertz CT molecular complexity index is 1000. The lowest BCUT2D eigenvalue weighted by molar-refractivity contribution is -0.385. The van der Waals surface area contributed by atoms with E-state index in [1.54, 1.807) is 12.3 Å². The van der Waals surface area contributed by atoms with Crippen LogP contribution in [0.5, 0.6) is 5.75 Å². The first-order valence-corrected chi connectivity index (χ1v) is 9.04. The molecule has 0 N–H and O–H groups in total. The molecule has 0 atom stereocenters. The van der Waals surface area contributed by atoms with Crippen LogP contribution in [0, 0.1) is 22.9 Å². The van der Waals surface area contributed by atoms with Crippen molar-refractivity contribution in [2.24, 2.45) is 0 Å². The van der Waals surface area contributed by atoms with Crippen LogP contribution in [0.15, 0.2) is 47.8 Å². The number of benzene rings is 2. The molecule has 0 fully saturated rings. The minimum Gasteiger partial charge on any atom is -0.486 e. The summed E-state index contributed by atoms with van der Waals surface area (Å²) in [6.07, 6.45) is 0. The van der Waals surface area contributed by atoms with E-state index >= 15 is 0 Å². The number of rotatable bonds is 7. The molecule has 7 nitrogen and oxygen atoms in total. The number of carbonyl (C=O) groups is 1. The van der Waals surface area contributed by atoms with E-state index in [2.05, 4.69) is 4.98 Å². The molecular weight excluding hydrogens is 387 g/mol.